The van der Waals surface area contributed by atoms with Gasteiger partial charge in [0.15, 0.2) is 0 Å². The molecule has 5 heteroatoms. The SMILES string of the molecule is CCCCOC(=O)CNc1ccc(I)cc1Cl. The van der Waals surface area contributed by atoms with E-state index < -0.39 is 0 Å². The number of unbranched alkanes of at least 4 members (excludes halogenated alkanes) is 1. The lowest BCUT2D eigenvalue weighted by atomic mass is 10.3. The third kappa shape index (κ3) is 5.59. The Kier molecular flexibility index (Phi) is 6.65. The molecule has 1 aromatic carbocycles. The maximum Gasteiger partial charge on any atom is 0.325 e. The number of ether oxygens (including phenoxy) is 1. The average molecular weight is 368 g/mol. The van der Waals surface area contributed by atoms with Gasteiger partial charge in [0.1, 0.15) is 6.54 Å². The molecule has 1 N–H and O–H groups in total. The van der Waals surface area contributed by atoms with Crippen molar-refractivity contribution in [3.8, 4) is 0 Å². The minimum atomic E-state index is -0.256. The van der Waals surface area contributed by atoms with E-state index in [1.807, 2.05) is 18.2 Å². The van der Waals surface area contributed by atoms with Crippen LogP contribution in [0.5, 0.6) is 0 Å². The zero-order chi connectivity index (χ0) is 12.7. The Labute approximate surface area is 120 Å². The van der Waals surface area contributed by atoms with Gasteiger partial charge in [-0.05, 0) is 47.2 Å². The van der Waals surface area contributed by atoms with Gasteiger partial charge in [-0.2, -0.15) is 0 Å². The number of carbonyl (C=O) groups excluding carboxylic acids is 1. The molecule has 0 heterocycles. The lowest BCUT2D eigenvalue weighted by Crippen LogP contribution is -2.17. The van der Waals surface area contributed by atoms with Crippen molar-refractivity contribution in [1.82, 2.24) is 0 Å². The first-order valence-electron chi connectivity index (χ1n) is 5.48. The first kappa shape index (κ1) is 14.6. The fraction of sp³-hybridized carbons (Fsp3) is 0.417. The zero-order valence-electron chi connectivity index (χ0n) is 9.63. The number of carbonyl (C=O) groups is 1. The van der Waals surface area contributed by atoms with Gasteiger partial charge in [-0.15, -0.1) is 0 Å². The lowest BCUT2D eigenvalue weighted by molar-refractivity contribution is -0.141. The topological polar surface area (TPSA) is 38.3 Å². The van der Waals surface area contributed by atoms with Crippen molar-refractivity contribution in [2.45, 2.75) is 19.8 Å². The number of hydrogen-bond donors (Lipinski definition) is 1. The summed E-state index contributed by atoms with van der Waals surface area (Å²) in [5.41, 5.74) is 0.750. The first-order chi connectivity index (χ1) is 8.13. The van der Waals surface area contributed by atoms with Gasteiger partial charge in [-0.3, -0.25) is 4.79 Å². The fourth-order valence-corrected chi connectivity index (χ4v) is 2.10. The Morgan fingerprint density at radius 3 is 2.94 bits per heavy atom. The largest absolute Gasteiger partial charge is 0.464 e. The summed E-state index contributed by atoms with van der Waals surface area (Å²) in [5.74, 6) is -0.256. The molecule has 0 unspecified atom stereocenters. The van der Waals surface area contributed by atoms with Gasteiger partial charge in [0.25, 0.3) is 0 Å². The predicted molar refractivity (Wildman–Crippen MR) is 78.5 cm³/mol. The number of benzene rings is 1. The molecule has 0 aliphatic rings. The Hall–Kier alpha value is -0.490. The van der Waals surface area contributed by atoms with Crippen LogP contribution in [0.3, 0.4) is 0 Å². The zero-order valence-corrected chi connectivity index (χ0v) is 12.5. The second kappa shape index (κ2) is 7.76. The molecule has 0 bridgehead atoms. The molecule has 94 valence electrons. The van der Waals surface area contributed by atoms with Crippen LogP contribution in [0.25, 0.3) is 0 Å². The molecule has 1 aromatic rings. The number of nitrogens with one attached hydrogen (secondary N) is 1. The van der Waals surface area contributed by atoms with Gasteiger partial charge < -0.3 is 10.1 Å². The second-order valence-electron chi connectivity index (χ2n) is 3.55. The molecule has 0 atom stereocenters. The second-order valence-corrected chi connectivity index (χ2v) is 5.20. The Morgan fingerprint density at radius 2 is 2.29 bits per heavy atom. The quantitative estimate of drug-likeness (QED) is 0.473. The predicted octanol–water partition coefficient (Wildman–Crippen LogP) is 3.70. The average Bonchev–Trinajstić information content (AvgIpc) is 2.28. The van der Waals surface area contributed by atoms with E-state index in [4.69, 9.17) is 16.3 Å². The monoisotopic (exact) mass is 367 g/mol. The van der Waals surface area contributed by atoms with Crippen LogP contribution in [-0.4, -0.2) is 19.1 Å². The molecule has 0 aromatic heterocycles. The van der Waals surface area contributed by atoms with E-state index in [9.17, 15) is 4.79 Å². The van der Waals surface area contributed by atoms with E-state index in [-0.39, 0.29) is 12.5 Å². The van der Waals surface area contributed by atoms with Crippen LogP contribution in [0.1, 0.15) is 19.8 Å². The summed E-state index contributed by atoms with van der Waals surface area (Å²) < 4.78 is 6.08. The lowest BCUT2D eigenvalue weighted by Gasteiger charge is -2.08. The van der Waals surface area contributed by atoms with E-state index >= 15 is 0 Å². The van der Waals surface area contributed by atoms with Crippen LogP contribution in [0.15, 0.2) is 18.2 Å². The molecule has 0 aliphatic heterocycles. The van der Waals surface area contributed by atoms with Crippen LogP contribution in [0.2, 0.25) is 5.02 Å². The summed E-state index contributed by atoms with van der Waals surface area (Å²) >= 11 is 8.20. The van der Waals surface area contributed by atoms with Crippen LogP contribution < -0.4 is 5.32 Å². The highest BCUT2D eigenvalue weighted by atomic mass is 127. The maximum atomic E-state index is 11.3. The molecule has 0 saturated carbocycles. The molecule has 0 aliphatic carbocycles. The number of rotatable bonds is 6. The minimum absolute atomic E-state index is 0.143. The molecular weight excluding hydrogens is 352 g/mol. The molecular formula is C12H15ClINO2. The Balaban J connectivity index is 2.37. The van der Waals surface area contributed by atoms with Crippen LogP contribution in [0, 0.1) is 3.57 Å². The van der Waals surface area contributed by atoms with Gasteiger partial charge in [0, 0.05) is 3.57 Å². The smallest absolute Gasteiger partial charge is 0.325 e. The van der Waals surface area contributed by atoms with E-state index in [1.165, 1.54) is 0 Å². The van der Waals surface area contributed by atoms with Crippen molar-refractivity contribution >= 4 is 45.8 Å². The van der Waals surface area contributed by atoms with Crippen LogP contribution >= 0.6 is 34.2 Å². The van der Waals surface area contributed by atoms with Crippen LogP contribution in [0.4, 0.5) is 5.69 Å². The molecule has 17 heavy (non-hydrogen) atoms. The highest BCUT2D eigenvalue weighted by Gasteiger charge is 2.05. The summed E-state index contributed by atoms with van der Waals surface area (Å²) in [7, 11) is 0. The Morgan fingerprint density at radius 1 is 1.53 bits per heavy atom. The number of halogens is 2. The standard InChI is InChI=1S/C12H15ClINO2/c1-2-3-6-17-12(16)8-15-11-5-4-9(14)7-10(11)13/h4-5,7,15H,2-3,6,8H2,1H3. The van der Waals surface area contributed by atoms with Gasteiger partial charge >= 0.3 is 5.97 Å². The highest BCUT2D eigenvalue weighted by molar-refractivity contribution is 14.1. The van der Waals surface area contributed by atoms with Crippen molar-refractivity contribution < 1.29 is 9.53 Å². The van der Waals surface area contributed by atoms with Gasteiger partial charge in [-0.25, -0.2) is 0 Å². The van der Waals surface area contributed by atoms with Crippen molar-refractivity contribution in [3.63, 3.8) is 0 Å². The molecule has 0 amide bonds. The fourth-order valence-electron chi connectivity index (χ4n) is 1.18. The summed E-state index contributed by atoms with van der Waals surface area (Å²) in [6, 6.07) is 5.62. The van der Waals surface area contributed by atoms with Gasteiger partial charge in [-0.1, -0.05) is 24.9 Å². The molecule has 0 spiro atoms. The van der Waals surface area contributed by atoms with Crippen molar-refractivity contribution in [1.29, 1.82) is 0 Å². The van der Waals surface area contributed by atoms with E-state index in [0.29, 0.717) is 11.6 Å². The van der Waals surface area contributed by atoms with Crippen LogP contribution in [-0.2, 0) is 9.53 Å². The molecule has 0 saturated heterocycles. The van der Waals surface area contributed by atoms with Crippen molar-refractivity contribution in [2.24, 2.45) is 0 Å². The third-order valence-electron chi connectivity index (χ3n) is 2.12. The number of hydrogen-bond acceptors (Lipinski definition) is 3. The third-order valence-corrected chi connectivity index (χ3v) is 3.10. The number of esters is 1. The van der Waals surface area contributed by atoms with E-state index in [0.717, 1.165) is 22.1 Å². The summed E-state index contributed by atoms with van der Waals surface area (Å²) in [5, 5.41) is 3.57. The molecule has 1 rings (SSSR count). The van der Waals surface area contributed by atoms with Crippen molar-refractivity contribution in [3.05, 3.63) is 26.8 Å². The molecule has 0 radical (unpaired) electrons. The van der Waals surface area contributed by atoms with E-state index in [2.05, 4.69) is 34.8 Å². The first-order valence-corrected chi connectivity index (χ1v) is 6.93. The molecule has 0 fully saturated rings. The summed E-state index contributed by atoms with van der Waals surface area (Å²) in [4.78, 5) is 11.3. The summed E-state index contributed by atoms with van der Waals surface area (Å²) in [6.45, 7) is 2.68. The summed E-state index contributed by atoms with van der Waals surface area (Å²) in [6.07, 6.45) is 1.92. The minimum Gasteiger partial charge on any atom is -0.464 e. The normalized spacial score (nSPS) is 10.1. The number of anilines is 1. The van der Waals surface area contributed by atoms with Gasteiger partial charge in [0.2, 0.25) is 0 Å². The van der Waals surface area contributed by atoms with E-state index in [1.54, 1.807) is 0 Å². The Bertz CT molecular complexity index is 385. The van der Waals surface area contributed by atoms with Crippen molar-refractivity contribution in [2.75, 3.05) is 18.5 Å². The molecule has 3 nitrogen and oxygen atoms in total. The van der Waals surface area contributed by atoms with Gasteiger partial charge in [0.05, 0.1) is 17.3 Å². The maximum absolute atomic E-state index is 11.3. The highest BCUT2D eigenvalue weighted by Crippen LogP contribution is 2.23.